The van der Waals surface area contributed by atoms with Crippen LogP contribution in [-0.2, 0) is 38.6 Å². The number of hydrogen-bond acceptors (Lipinski definition) is 7. The van der Waals surface area contributed by atoms with Crippen molar-refractivity contribution in [3.05, 3.63) is 130 Å². The topological polar surface area (TPSA) is 91.4 Å². The van der Waals surface area contributed by atoms with Gasteiger partial charge in [-0.05, 0) is 47.4 Å². The summed E-state index contributed by atoms with van der Waals surface area (Å²) in [6.45, 7) is 2.34. The van der Waals surface area contributed by atoms with E-state index in [9.17, 15) is 14.4 Å². The second-order valence-electron chi connectivity index (χ2n) is 10.4. The van der Waals surface area contributed by atoms with Gasteiger partial charge in [-0.2, -0.15) is 0 Å². The van der Waals surface area contributed by atoms with Gasteiger partial charge >= 0.3 is 11.9 Å². The van der Waals surface area contributed by atoms with E-state index in [1.54, 1.807) is 43.2 Å². The molecule has 0 aromatic heterocycles. The molecule has 0 aliphatic carbocycles. The summed E-state index contributed by atoms with van der Waals surface area (Å²) in [6.07, 6.45) is 0.198. The van der Waals surface area contributed by atoms with Crippen LogP contribution in [0, 0.1) is 0 Å². The van der Waals surface area contributed by atoms with Gasteiger partial charge in [0.1, 0.15) is 12.6 Å². The molecule has 8 heteroatoms. The number of hydrogen-bond donors (Lipinski definition) is 0. The summed E-state index contributed by atoms with van der Waals surface area (Å²) in [5.74, 6) is -0.650. The third kappa shape index (κ3) is 6.44. The van der Waals surface area contributed by atoms with Crippen molar-refractivity contribution in [3.8, 4) is 11.5 Å². The van der Waals surface area contributed by atoms with Crippen LogP contribution in [0.2, 0.25) is 0 Å². The van der Waals surface area contributed by atoms with Gasteiger partial charge < -0.3 is 23.8 Å². The van der Waals surface area contributed by atoms with E-state index in [2.05, 4.69) is 0 Å². The summed E-state index contributed by atoms with van der Waals surface area (Å²) in [5.41, 5.74) is 4.60. The maximum atomic E-state index is 14.5. The molecule has 0 saturated heterocycles. The second kappa shape index (κ2) is 13.9. The second-order valence-corrected chi connectivity index (χ2v) is 10.4. The van der Waals surface area contributed by atoms with E-state index in [1.165, 1.54) is 7.11 Å². The average Bonchev–Trinajstić information content (AvgIpc) is 3.07. The lowest BCUT2D eigenvalue weighted by atomic mass is 9.86. The summed E-state index contributed by atoms with van der Waals surface area (Å²) < 4.78 is 22.2. The number of carbonyl (C=O) groups is 3. The zero-order valence-electron chi connectivity index (χ0n) is 25.0. The van der Waals surface area contributed by atoms with E-state index in [1.807, 2.05) is 72.8 Å². The smallest absolute Gasteiger partial charge is 0.337 e. The Morgan fingerprint density at radius 1 is 0.841 bits per heavy atom. The molecule has 4 aromatic carbocycles. The number of methoxy groups -OCH3 is 2. The van der Waals surface area contributed by atoms with Gasteiger partial charge in [0.15, 0.2) is 11.5 Å². The molecule has 44 heavy (non-hydrogen) atoms. The normalized spacial score (nSPS) is 14.0. The lowest BCUT2D eigenvalue weighted by Crippen LogP contribution is -2.51. The van der Waals surface area contributed by atoms with Crippen LogP contribution in [0.1, 0.15) is 51.0 Å². The number of ether oxygens (including phenoxy) is 4. The summed E-state index contributed by atoms with van der Waals surface area (Å²) in [4.78, 5) is 41.4. The van der Waals surface area contributed by atoms with Crippen LogP contribution in [-0.4, -0.2) is 49.6 Å². The number of benzene rings is 4. The fourth-order valence-electron chi connectivity index (χ4n) is 5.56. The third-order valence-corrected chi connectivity index (χ3v) is 7.77. The molecule has 0 fully saturated rings. The minimum Gasteiger partial charge on any atom is -0.493 e. The molecular weight excluding hydrogens is 558 g/mol. The highest BCUT2D eigenvalue weighted by Gasteiger charge is 2.40. The van der Waals surface area contributed by atoms with Crippen molar-refractivity contribution in [1.82, 2.24) is 4.90 Å². The van der Waals surface area contributed by atoms with Crippen LogP contribution < -0.4 is 9.47 Å². The van der Waals surface area contributed by atoms with Crippen molar-refractivity contribution in [2.45, 2.75) is 38.5 Å². The number of rotatable bonds is 10. The Labute approximate surface area is 257 Å². The van der Waals surface area contributed by atoms with Crippen LogP contribution in [0.5, 0.6) is 11.5 Å². The molecule has 1 unspecified atom stereocenters. The summed E-state index contributed by atoms with van der Waals surface area (Å²) in [7, 11) is 2.90. The van der Waals surface area contributed by atoms with Crippen LogP contribution >= 0.6 is 0 Å². The van der Waals surface area contributed by atoms with Gasteiger partial charge in [-0.15, -0.1) is 0 Å². The van der Waals surface area contributed by atoms with Gasteiger partial charge in [-0.25, -0.2) is 9.59 Å². The molecule has 0 radical (unpaired) electrons. The van der Waals surface area contributed by atoms with Crippen molar-refractivity contribution >= 4 is 17.8 Å². The first-order chi connectivity index (χ1) is 21.4. The van der Waals surface area contributed by atoms with E-state index in [4.69, 9.17) is 18.9 Å². The molecule has 0 spiro atoms. The summed E-state index contributed by atoms with van der Waals surface area (Å²) in [6, 6.07) is 29.0. The Morgan fingerprint density at radius 3 is 2.05 bits per heavy atom. The Hall–Kier alpha value is -5.11. The van der Waals surface area contributed by atoms with E-state index in [0.29, 0.717) is 17.1 Å². The monoisotopic (exact) mass is 593 g/mol. The lowest BCUT2D eigenvalue weighted by molar-refractivity contribution is -0.156. The zero-order chi connectivity index (χ0) is 31.1. The highest BCUT2D eigenvalue weighted by Crippen LogP contribution is 2.40. The fraction of sp³-hybridized carbons (Fsp3) is 0.250. The van der Waals surface area contributed by atoms with E-state index in [0.717, 1.165) is 27.8 Å². The molecule has 8 nitrogen and oxygen atoms in total. The third-order valence-electron chi connectivity index (χ3n) is 7.77. The Kier molecular flexibility index (Phi) is 9.59. The summed E-state index contributed by atoms with van der Waals surface area (Å²) >= 11 is 0. The molecule has 1 heterocycles. The first-order valence-corrected chi connectivity index (χ1v) is 14.5. The van der Waals surface area contributed by atoms with Gasteiger partial charge in [-0.3, -0.25) is 4.79 Å². The maximum Gasteiger partial charge on any atom is 0.337 e. The SMILES string of the molecule is CCOC(=O)C1Cc2c(ccc(OC)c2OCc2ccc(C(=O)OC)cc2)CN1C(=O)C(c1ccccc1)c1ccccc1. The summed E-state index contributed by atoms with van der Waals surface area (Å²) in [5, 5.41) is 0. The van der Waals surface area contributed by atoms with E-state index < -0.39 is 23.9 Å². The molecule has 0 bridgehead atoms. The fourth-order valence-corrected chi connectivity index (χ4v) is 5.56. The van der Waals surface area contributed by atoms with E-state index >= 15 is 0 Å². The van der Waals surface area contributed by atoms with Crippen molar-refractivity contribution in [3.63, 3.8) is 0 Å². The van der Waals surface area contributed by atoms with Crippen LogP contribution in [0.4, 0.5) is 0 Å². The minimum atomic E-state index is -0.862. The predicted molar refractivity (Wildman–Crippen MR) is 165 cm³/mol. The number of amides is 1. The standard InChI is InChI=1S/C36H35NO7/c1-4-43-36(40)30-21-29-28(19-20-31(41-2)33(29)44-23-24-15-17-27(18-16-24)35(39)42-3)22-37(30)34(38)32(25-11-7-5-8-12-25)26-13-9-6-10-14-26/h5-20,30,32H,4,21-23H2,1-3H3. The van der Waals surface area contributed by atoms with Crippen molar-refractivity contribution < 1.29 is 33.3 Å². The number of nitrogens with zero attached hydrogens (tertiary/aromatic N) is 1. The van der Waals surface area contributed by atoms with Gasteiger partial charge in [0.2, 0.25) is 5.91 Å². The molecule has 5 rings (SSSR count). The van der Waals surface area contributed by atoms with Gasteiger partial charge in [0, 0.05) is 18.5 Å². The van der Waals surface area contributed by atoms with Gasteiger partial charge in [-0.1, -0.05) is 78.9 Å². The van der Waals surface area contributed by atoms with Crippen molar-refractivity contribution in [2.75, 3.05) is 20.8 Å². The lowest BCUT2D eigenvalue weighted by Gasteiger charge is -2.38. The van der Waals surface area contributed by atoms with Gasteiger partial charge in [0.25, 0.3) is 0 Å². The van der Waals surface area contributed by atoms with Crippen LogP contribution in [0.15, 0.2) is 97.1 Å². The first kappa shape index (κ1) is 30.4. The highest BCUT2D eigenvalue weighted by atomic mass is 16.5. The highest BCUT2D eigenvalue weighted by molar-refractivity contribution is 5.92. The molecule has 1 aliphatic rings. The quantitative estimate of drug-likeness (QED) is 0.218. The molecule has 1 aliphatic heterocycles. The molecule has 4 aromatic rings. The molecular formula is C36H35NO7. The first-order valence-electron chi connectivity index (χ1n) is 14.5. The minimum absolute atomic E-state index is 0.185. The average molecular weight is 594 g/mol. The Balaban J connectivity index is 1.50. The van der Waals surface area contributed by atoms with Crippen LogP contribution in [0.25, 0.3) is 0 Å². The molecule has 0 saturated carbocycles. The molecule has 1 atom stereocenters. The predicted octanol–water partition coefficient (Wildman–Crippen LogP) is 5.71. The van der Waals surface area contributed by atoms with Crippen molar-refractivity contribution in [1.29, 1.82) is 0 Å². The number of carbonyl (C=O) groups excluding carboxylic acids is 3. The number of esters is 2. The largest absolute Gasteiger partial charge is 0.493 e. The maximum absolute atomic E-state index is 14.5. The van der Waals surface area contributed by atoms with Crippen molar-refractivity contribution in [2.24, 2.45) is 0 Å². The molecule has 226 valence electrons. The zero-order valence-corrected chi connectivity index (χ0v) is 25.0. The van der Waals surface area contributed by atoms with Crippen LogP contribution in [0.3, 0.4) is 0 Å². The molecule has 0 N–H and O–H groups in total. The van der Waals surface area contributed by atoms with Gasteiger partial charge in [0.05, 0.1) is 32.3 Å². The Morgan fingerprint density at radius 2 is 1.48 bits per heavy atom. The molecule has 1 amide bonds. The Bertz CT molecular complexity index is 1560. The van der Waals surface area contributed by atoms with E-state index in [-0.39, 0.29) is 32.1 Å². The number of fused-ring (bicyclic) bond motifs is 1.